The van der Waals surface area contributed by atoms with Crippen LogP contribution in [0.25, 0.3) is 0 Å². The van der Waals surface area contributed by atoms with E-state index in [1.165, 1.54) is 5.56 Å². The van der Waals surface area contributed by atoms with E-state index in [0.717, 1.165) is 30.1 Å². The van der Waals surface area contributed by atoms with Crippen molar-refractivity contribution in [2.45, 2.75) is 11.8 Å². The molecule has 0 unspecified atom stereocenters. The minimum Gasteiger partial charge on any atom is -0.508 e. The number of rotatable bonds is 3. The molecule has 1 fully saturated rings. The summed E-state index contributed by atoms with van der Waals surface area (Å²) in [5, 5.41) is 13.7. The Morgan fingerprint density at radius 2 is 1.89 bits per heavy atom. The predicted molar refractivity (Wildman–Crippen MR) is 77.8 cm³/mol. The number of phenolic OH excluding ortho intramolecular Hbond substituents is 1. The lowest BCUT2D eigenvalue weighted by Crippen LogP contribution is -2.58. The lowest BCUT2D eigenvalue weighted by molar-refractivity contribution is 0.274. The zero-order valence-electron chi connectivity index (χ0n) is 10.6. The third kappa shape index (κ3) is 2.46. The second kappa shape index (κ2) is 4.87. The van der Waals surface area contributed by atoms with Crippen LogP contribution in [0.5, 0.6) is 5.75 Å². The number of aromatic hydroxyl groups is 1. The van der Waals surface area contributed by atoms with Crippen molar-refractivity contribution >= 4 is 11.6 Å². The Balaban J connectivity index is 1.91. The second-order valence-electron chi connectivity index (χ2n) is 5.24. The van der Waals surface area contributed by atoms with Gasteiger partial charge >= 0.3 is 0 Å². The Morgan fingerprint density at radius 3 is 2.53 bits per heavy atom. The molecule has 2 N–H and O–H groups in total. The van der Waals surface area contributed by atoms with Gasteiger partial charge in [-0.05, 0) is 41.8 Å². The molecule has 0 saturated carbocycles. The number of nitrogens with one attached hydrogen (secondary N) is 1. The molecule has 0 aliphatic carbocycles. The number of phenols is 1. The highest BCUT2D eigenvalue weighted by Crippen LogP contribution is 2.34. The lowest BCUT2D eigenvalue weighted by Gasteiger charge is -2.43. The predicted octanol–water partition coefficient (Wildman–Crippen LogP) is 3.13. The van der Waals surface area contributed by atoms with E-state index in [4.69, 9.17) is 11.6 Å². The average Bonchev–Trinajstić information content (AvgIpc) is 2.34. The fourth-order valence-corrected chi connectivity index (χ4v) is 2.92. The van der Waals surface area contributed by atoms with Gasteiger partial charge in [0, 0.05) is 23.5 Å². The monoisotopic (exact) mass is 273 g/mol. The van der Waals surface area contributed by atoms with Crippen molar-refractivity contribution in [2.24, 2.45) is 0 Å². The van der Waals surface area contributed by atoms with Crippen LogP contribution in [-0.4, -0.2) is 18.2 Å². The summed E-state index contributed by atoms with van der Waals surface area (Å²) in [6.45, 7) is 1.89. The largest absolute Gasteiger partial charge is 0.508 e. The number of benzene rings is 2. The van der Waals surface area contributed by atoms with Crippen molar-refractivity contribution in [1.82, 2.24) is 5.32 Å². The molecule has 0 amide bonds. The standard InChI is InChI=1S/C16H16ClNO/c17-14-5-2-4-13(8-14)16(10-18-11-16)9-12-3-1-6-15(19)7-12/h1-8,18-19H,9-11H2. The maximum atomic E-state index is 9.58. The highest BCUT2D eigenvalue weighted by Gasteiger charge is 2.38. The maximum absolute atomic E-state index is 9.58. The molecule has 0 atom stereocenters. The molecule has 1 aliphatic rings. The van der Waals surface area contributed by atoms with E-state index < -0.39 is 0 Å². The Hall–Kier alpha value is -1.51. The quantitative estimate of drug-likeness (QED) is 0.901. The first-order chi connectivity index (χ1) is 9.18. The van der Waals surface area contributed by atoms with Gasteiger partial charge in [0.1, 0.15) is 5.75 Å². The van der Waals surface area contributed by atoms with Gasteiger partial charge in [0.25, 0.3) is 0 Å². The van der Waals surface area contributed by atoms with E-state index in [-0.39, 0.29) is 5.41 Å². The zero-order valence-corrected chi connectivity index (χ0v) is 11.3. The average molecular weight is 274 g/mol. The SMILES string of the molecule is Oc1cccc(CC2(c3cccc(Cl)c3)CNC2)c1. The third-order valence-corrected chi connectivity index (χ3v) is 4.05. The number of hydrogen-bond acceptors (Lipinski definition) is 2. The van der Waals surface area contributed by atoms with Crippen LogP contribution in [0.4, 0.5) is 0 Å². The molecule has 0 spiro atoms. The molecule has 19 heavy (non-hydrogen) atoms. The maximum Gasteiger partial charge on any atom is 0.115 e. The molecule has 0 radical (unpaired) electrons. The minimum absolute atomic E-state index is 0.0959. The molecule has 2 aromatic rings. The first-order valence-corrected chi connectivity index (χ1v) is 6.80. The summed E-state index contributed by atoms with van der Waals surface area (Å²) in [5.74, 6) is 0.325. The fourth-order valence-electron chi connectivity index (χ4n) is 2.73. The highest BCUT2D eigenvalue weighted by atomic mass is 35.5. The number of halogens is 1. The van der Waals surface area contributed by atoms with E-state index >= 15 is 0 Å². The summed E-state index contributed by atoms with van der Waals surface area (Å²) >= 11 is 6.10. The van der Waals surface area contributed by atoms with E-state index in [1.54, 1.807) is 6.07 Å². The Bertz CT molecular complexity index is 593. The van der Waals surface area contributed by atoms with Crippen LogP contribution >= 0.6 is 11.6 Å². The summed E-state index contributed by atoms with van der Waals surface area (Å²) in [6, 6.07) is 15.6. The molecule has 2 nitrogen and oxygen atoms in total. The molecule has 1 saturated heterocycles. The van der Waals surface area contributed by atoms with Crippen molar-refractivity contribution in [3.63, 3.8) is 0 Å². The first kappa shape index (κ1) is 12.5. The van der Waals surface area contributed by atoms with Crippen LogP contribution in [0.15, 0.2) is 48.5 Å². The van der Waals surface area contributed by atoms with Crippen LogP contribution in [0.2, 0.25) is 5.02 Å². The molecule has 3 heteroatoms. The van der Waals surface area contributed by atoms with Crippen LogP contribution in [0.1, 0.15) is 11.1 Å². The summed E-state index contributed by atoms with van der Waals surface area (Å²) in [6.07, 6.45) is 0.911. The van der Waals surface area contributed by atoms with Crippen molar-refractivity contribution < 1.29 is 5.11 Å². The smallest absolute Gasteiger partial charge is 0.115 e. The molecular formula is C16H16ClNO. The van der Waals surface area contributed by atoms with Gasteiger partial charge in [-0.25, -0.2) is 0 Å². The molecule has 2 aromatic carbocycles. The van der Waals surface area contributed by atoms with Crippen molar-refractivity contribution in [3.05, 3.63) is 64.7 Å². The van der Waals surface area contributed by atoms with Crippen LogP contribution in [-0.2, 0) is 11.8 Å². The Morgan fingerprint density at radius 1 is 1.11 bits per heavy atom. The normalized spacial score (nSPS) is 16.9. The Kier molecular flexibility index (Phi) is 3.21. The van der Waals surface area contributed by atoms with Crippen molar-refractivity contribution in [2.75, 3.05) is 13.1 Å². The fraction of sp³-hybridized carbons (Fsp3) is 0.250. The highest BCUT2D eigenvalue weighted by molar-refractivity contribution is 6.30. The van der Waals surface area contributed by atoms with Gasteiger partial charge < -0.3 is 10.4 Å². The van der Waals surface area contributed by atoms with Crippen LogP contribution in [0, 0.1) is 0 Å². The van der Waals surface area contributed by atoms with E-state index in [0.29, 0.717) is 5.75 Å². The molecular weight excluding hydrogens is 258 g/mol. The molecule has 0 bridgehead atoms. The molecule has 1 aliphatic heterocycles. The lowest BCUT2D eigenvalue weighted by atomic mass is 9.71. The van der Waals surface area contributed by atoms with Gasteiger partial charge in [0.15, 0.2) is 0 Å². The summed E-state index contributed by atoms with van der Waals surface area (Å²) in [4.78, 5) is 0. The van der Waals surface area contributed by atoms with Gasteiger partial charge in [0.05, 0.1) is 0 Å². The van der Waals surface area contributed by atoms with E-state index in [1.807, 2.05) is 30.3 Å². The topological polar surface area (TPSA) is 32.3 Å². The minimum atomic E-state index is 0.0959. The van der Waals surface area contributed by atoms with Gasteiger partial charge in [-0.3, -0.25) is 0 Å². The van der Waals surface area contributed by atoms with Crippen molar-refractivity contribution in [3.8, 4) is 5.75 Å². The summed E-state index contributed by atoms with van der Waals surface area (Å²) in [5.41, 5.74) is 2.52. The van der Waals surface area contributed by atoms with E-state index in [2.05, 4.69) is 17.4 Å². The van der Waals surface area contributed by atoms with E-state index in [9.17, 15) is 5.11 Å². The second-order valence-corrected chi connectivity index (χ2v) is 5.68. The number of hydrogen-bond donors (Lipinski definition) is 2. The Labute approximate surface area is 118 Å². The first-order valence-electron chi connectivity index (χ1n) is 6.43. The summed E-state index contributed by atoms with van der Waals surface area (Å²) < 4.78 is 0. The molecule has 1 heterocycles. The van der Waals surface area contributed by atoms with Gasteiger partial charge in [-0.1, -0.05) is 35.9 Å². The third-order valence-electron chi connectivity index (χ3n) is 3.82. The zero-order chi connectivity index (χ0) is 13.3. The molecule has 0 aromatic heterocycles. The van der Waals surface area contributed by atoms with Gasteiger partial charge in [0.2, 0.25) is 0 Å². The van der Waals surface area contributed by atoms with Gasteiger partial charge in [-0.2, -0.15) is 0 Å². The molecule has 98 valence electrons. The van der Waals surface area contributed by atoms with Crippen LogP contribution < -0.4 is 5.32 Å². The molecule has 3 rings (SSSR count). The van der Waals surface area contributed by atoms with Crippen molar-refractivity contribution in [1.29, 1.82) is 0 Å². The van der Waals surface area contributed by atoms with Gasteiger partial charge in [-0.15, -0.1) is 0 Å². The summed E-state index contributed by atoms with van der Waals surface area (Å²) in [7, 11) is 0. The van der Waals surface area contributed by atoms with Crippen LogP contribution in [0.3, 0.4) is 0 Å².